The van der Waals surface area contributed by atoms with Crippen molar-refractivity contribution in [3.63, 3.8) is 0 Å². The third kappa shape index (κ3) is 5.60. The van der Waals surface area contributed by atoms with Gasteiger partial charge in [0.15, 0.2) is 11.6 Å². The van der Waals surface area contributed by atoms with Crippen molar-refractivity contribution in [3.8, 4) is 0 Å². The van der Waals surface area contributed by atoms with Gasteiger partial charge in [0, 0.05) is 24.0 Å². The minimum absolute atomic E-state index is 0. The predicted molar refractivity (Wildman–Crippen MR) is 94.7 cm³/mol. The monoisotopic (exact) mass is 376 g/mol. The normalized spacial score (nSPS) is 18.3. The molecule has 2 aliphatic rings. The molecule has 7 heteroatoms. The second-order valence-corrected chi connectivity index (χ2v) is 7.42. The molecule has 3 nitrogen and oxygen atoms in total. The Morgan fingerprint density at radius 2 is 1.88 bits per heavy atom. The molecule has 0 radical (unpaired) electrons. The maximum Gasteiger partial charge on any atom is 0.232 e. The summed E-state index contributed by atoms with van der Waals surface area (Å²) in [5.41, 5.74) is 0. The average Bonchev–Trinajstić information content (AvgIpc) is 3.38. The lowest BCUT2D eigenvalue weighted by molar-refractivity contribution is -0.129. The van der Waals surface area contributed by atoms with Crippen LogP contribution >= 0.6 is 24.2 Å². The van der Waals surface area contributed by atoms with Crippen LogP contribution in [0.2, 0.25) is 0 Å². The molecule has 1 saturated carbocycles. The molecular formula is C17H23ClF2N2OS. The Labute approximate surface area is 152 Å². The Morgan fingerprint density at radius 1 is 1.17 bits per heavy atom. The number of likely N-dealkylation sites (tertiary alicyclic amines) is 1. The van der Waals surface area contributed by atoms with Gasteiger partial charge in [0.05, 0.1) is 5.75 Å². The van der Waals surface area contributed by atoms with E-state index in [1.54, 1.807) is 0 Å². The van der Waals surface area contributed by atoms with Crippen LogP contribution < -0.4 is 5.32 Å². The van der Waals surface area contributed by atoms with Crippen LogP contribution in [0.5, 0.6) is 0 Å². The molecular weight excluding hydrogens is 354 g/mol. The molecule has 1 aliphatic carbocycles. The summed E-state index contributed by atoms with van der Waals surface area (Å²) in [7, 11) is 0. The van der Waals surface area contributed by atoms with Gasteiger partial charge in [-0.15, -0.1) is 24.2 Å². The van der Waals surface area contributed by atoms with Gasteiger partial charge >= 0.3 is 0 Å². The lowest BCUT2D eigenvalue weighted by atomic mass is 10.0. The van der Waals surface area contributed by atoms with Crippen molar-refractivity contribution >= 4 is 30.1 Å². The highest BCUT2D eigenvalue weighted by molar-refractivity contribution is 8.00. The number of rotatable bonds is 6. The summed E-state index contributed by atoms with van der Waals surface area (Å²) < 4.78 is 26.0. The first-order valence-electron chi connectivity index (χ1n) is 8.21. The quantitative estimate of drug-likeness (QED) is 0.771. The molecule has 1 amide bonds. The van der Waals surface area contributed by atoms with Crippen molar-refractivity contribution in [2.75, 3.05) is 25.4 Å². The molecule has 0 atom stereocenters. The smallest absolute Gasteiger partial charge is 0.232 e. The lowest BCUT2D eigenvalue weighted by Crippen LogP contribution is -2.45. The molecule has 24 heavy (non-hydrogen) atoms. The molecule has 1 aromatic rings. The molecule has 1 heterocycles. The van der Waals surface area contributed by atoms with Gasteiger partial charge in [-0.2, -0.15) is 0 Å². The Balaban J connectivity index is 0.00000208. The van der Waals surface area contributed by atoms with Gasteiger partial charge in [-0.3, -0.25) is 4.79 Å². The maximum absolute atomic E-state index is 13.1. The highest BCUT2D eigenvalue weighted by atomic mass is 35.5. The Hall–Kier alpha value is -0.850. The van der Waals surface area contributed by atoms with Crippen molar-refractivity contribution in [3.05, 3.63) is 29.8 Å². The van der Waals surface area contributed by atoms with Crippen molar-refractivity contribution in [1.82, 2.24) is 10.2 Å². The highest BCUT2D eigenvalue weighted by Gasteiger charge is 2.25. The van der Waals surface area contributed by atoms with Crippen molar-refractivity contribution in [2.24, 2.45) is 5.92 Å². The largest absolute Gasteiger partial charge is 0.342 e. The van der Waals surface area contributed by atoms with Crippen LogP contribution in [-0.2, 0) is 4.79 Å². The van der Waals surface area contributed by atoms with Crippen LogP contribution in [0, 0.1) is 17.6 Å². The van der Waals surface area contributed by atoms with Gasteiger partial charge in [0.25, 0.3) is 0 Å². The fraction of sp³-hybridized carbons (Fsp3) is 0.588. The van der Waals surface area contributed by atoms with Gasteiger partial charge in [0.2, 0.25) is 5.91 Å². The van der Waals surface area contributed by atoms with Crippen molar-refractivity contribution in [2.45, 2.75) is 36.6 Å². The fourth-order valence-corrected chi connectivity index (χ4v) is 3.62. The summed E-state index contributed by atoms with van der Waals surface area (Å²) in [5.74, 6) is -0.514. The molecule has 0 unspecified atom stereocenters. The number of nitrogens with zero attached hydrogens (tertiary/aromatic N) is 1. The summed E-state index contributed by atoms with van der Waals surface area (Å²) in [4.78, 5) is 14.7. The summed E-state index contributed by atoms with van der Waals surface area (Å²) in [6, 6.07) is 4.27. The number of carbonyl (C=O) groups excluding carboxylic acids is 1. The SMILES string of the molecule is Cl.O=C(CSc1ccc(F)c(F)c1)N1CCC(NCC2CC2)CC1. The third-order valence-electron chi connectivity index (χ3n) is 4.49. The molecule has 0 bridgehead atoms. The Bertz CT molecular complexity index is 564. The van der Waals surface area contributed by atoms with E-state index in [9.17, 15) is 13.6 Å². The Kier molecular flexibility index (Phi) is 7.32. The van der Waals surface area contributed by atoms with E-state index < -0.39 is 11.6 Å². The molecule has 1 N–H and O–H groups in total. The summed E-state index contributed by atoms with van der Waals surface area (Å²) in [6.07, 6.45) is 4.69. The van der Waals surface area contributed by atoms with E-state index in [-0.39, 0.29) is 24.1 Å². The number of piperidine rings is 1. The summed E-state index contributed by atoms with van der Waals surface area (Å²) >= 11 is 1.25. The molecule has 1 saturated heterocycles. The number of carbonyl (C=O) groups is 1. The lowest BCUT2D eigenvalue weighted by Gasteiger charge is -2.32. The van der Waals surface area contributed by atoms with Gasteiger partial charge < -0.3 is 10.2 Å². The van der Waals surface area contributed by atoms with Gasteiger partial charge in [-0.25, -0.2) is 8.78 Å². The number of nitrogens with one attached hydrogen (secondary N) is 1. The van der Waals surface area contributed by atoms with Crippen molar-refractivity contribution in [1.29, 1.82) is 0 Å². The van der Waals surface area contributed by atoms with Gasteiger partial charge in [0.1, 0.15) is 0 Å². The predicted octanol–water partition coefficient (Wildman–Crippen LogP) is 3.47. The van der Waals surface area contributed by atoms with Crippen LogP contribution in [0.3, 0.4) is 0 Å². The van der Waals surface area contributed by atoms with E-state index in [2.05, 4.69) is 5.32 Å². The second-order valence-electron chi connectivity index (χ2n) is 6.37. The van der Waals surface area contributed by atoms with Crippen LogP contribution in [0.1, 0.15) is 25.7 Å². The molecule has 2 fully saturated rings. The third-order valence-corrected chi connectivity index (χ3v) is 5.47. The zero-order valence-corrected chi connectivity index (χ0v) is 15.1. The number of amides is 1. The van der Waals surface area contributed by atoms with E-state index in [0.29, 0.717) is 10.9 Å². The summed E-state index contributed by atoms with van der Waals surface area (Å²) in [5, 5.41) is 3.59. The number of halogens is 3. The summed E-state index contributed by atoms with van der Waals surface area (Å²) in [6.45, 7) is 2.67. The van der Waals surface area contributed by atoms with E-state index in [0.717, 1.165) is 50.5 Å². The Morgan fingerprint density at radius 3 is 2.50 bits per heavy atom. The highest BCUT2D eigenvalue weighted by Crippen LogP contribution is 2.28. The number of thioether (sulfide) groups is 1. The molecule has 0 spiro atoms. The van der Waals surface area contributed by atoms with Gasteiger partial charge in [-0.1, -0.05) is 0 Å². The molecule has 3 rings (SSSR count). The first kappa shape index (κ1) is 19.5. The topological polar surface area (TPSA) is 32.3 Å². The number of hydrogen-bond donors (Lipinski definition) is 1. The number of hydrogen-bond acceptors (Lipinski definition) is 3. The maximum atomic E-state index is 13.1. The first-order chi connectivity index (χ1) is 11.1. The van der Waals surface area contributed by atoms with E-state index in [4.69, 9.17) is 0 Å². The number of benzene rings is 1. The molecule has 134 valence electrons. The fourth-order valence-electron chi connectivity index (χ4n) is 2.79. The van der Waals surface area contributed by atoms with E-state index in [1.165, 1.54) is 30.7 Å². The minimum Gasteiger partial charge on any atom is -0.342 e. The van der Waals surface area contributed by atoms with Crippen LogP contribution in [-0.4, -0.2) is 42.2 Å². The van der Waals surface area contributed by atoms with Crippen LogP contribution in [0.25, 0.3) is 0 Å². The molecule has 1 aliphatic heterocycles. The first-order valence-corrected chi connectivity index (χ1v) is 9.19. The molecule has 0 aromatic heterocycles. The zero-order chi connectivity index (χ0) is 16.2. The second kappa shape index (κ2) is 9.02. The van der Waals surface area contributed by atoms with E-state index >= 15 is 0 Å². The van der Waals surface area contributed by atoms with Crippen LogP contribution in [0.15, 0.2) is 23.1 Å². The average molecular weight is 377 g/mol. The minimum atomic E-state index is -0.870. The standard InChI is InChI=1S/C17H22F2N2OS.ClH/c18-15-4-3-14(9-16(15)19)23-11-17(22)21-7-5-13(6-8-21)20-10-12-1-2-12;/h3-4,9,12-13,20H,1-2,5-8,10-11H2;1H. The van der Waals surface area contributed by atoms with E-state index in [1.807, 2.05) is 4.90 Å². The van der Waals surface area contributed by atoms with Gasteiger partial charge in [-0.05, 0) is 56.3 Å². The van der Waals surface area contributed by atoms with Crippen molar-refractivity contribution < 1.29 is 13.6 Å². The zero-order valence-electron chi connectivity index (χ0n) is 13.5. The molecule has 1 aromatic carbocycles. The van der Waals surface area contributed by atoms with Crippen LogP contribution in [0.4, 0.5) is 8.78 Å².